The van der Waals surface area contributed by atoms with Crippen LogP contribution in [0.5, 0.6) is 0 Å². The smallest absolute Gasteiger partial charge is 0.155 e. The van der Waals surface area contributed by atoms with Gasteiger partial charge in [-0.2, -0.15) is 0 Å². The monoisotopic (exact) mass is 287 g/mol. The third kappa shape index (κ3) is 3.58. The average Bonchev–Trinajstić information content (AvgIpc) is 2.28. The summed E-state index contributed by atoms with van der Waals surface area (Å²) in [5.74, 6) is 3.97. The molecule has 0 aliphatic heterocycles. The van der Waals surface area contributed by atoms with Gasteiger partial charge in [-0.15, -0.1) is 0 Å². The summed E-state index contributed by atoms with van der Waals surface area (Å²) >= 11 is 2.99. The van der Waals surface area contributed by atoms with E-state index >= 15 is 0 Å². The fraction of sp³-hybridized carbons (Fsp3) is 0.333. The minimum atomic E-state index is -0.647. The minimum Gasteiger partial charge on any atom is -0.330 e. The highest BCUT2D eigenvalue weighted by Gasteiger charge is 2.09. The highest BCUT2D eigenvalue weighted by Crippen LogP contribution is 2.20. The van der Waals surface area contributed by atoms with E-state index in [4.69, 9.17) is 5.73 Å². The Bertz CT molecular complexity index is 421. The van der Waals surface area contributed by atoms with Crippen molar-refractivity contribution in [2.24, 2.45) is 5.73 Å². The summed E-state index contributed by atoms with van der Waals surface area (Å²) in [6.45, 7) is 0.612. The molecule has 16 heavy (non-hydrogen) atoms. The summed E-state index contributed by atoms with van der Waals surface area (Å²) < 4.78 is 26.9. The van der Waals surface area contributed by atoms with Crippen LogP contribution in [0.2, 0.25) is 0 Å². The second-order valence-corrected chi connectivity index (χ2v) is 4.12. The van der Waals surface area contributed by atoms with Gasteiger partial charge in [0.25, 0.3) is 0 Å². The lowest BCUT2D eigenvalue weighted by atomic mass is 10.2. The van der Waals surface area contributed by atoms with E-state index in [9.17, 15) is 8.78 Å². The molecule has 0 spiro atoms. The number of nitrogens with two attached hydrogens (primary N) is 1. The van der Waals surface area contributed by atoms with Gasteiger partial charge in [0.15, 0.2) is 5.82 Å². The van der Waals surface area contributed by atoms with E-state index in [-0.39, 0.29) is 10.0 Å². The summed E-state index contributed by atoms with van der Waals surface area (Å²) in [6, 6.07) is 2.52. The highest BCUT2D eigenvalue weighted by atomic mass is 79.9. The molecule has 0 aliphatic carbocycles. The summed E-state index contributed by atoms with van der Waals surface area (Å²) in [5, 5.41) is 0. The lowest BCUT2D eigenvalue weighted by Crippen LogP contribution is -1.97. The molecule has 0 aromatic heterocycles. The number of benzene rings is 1. The van der Waals surface area contributed by atoms with Gasteiger partial charge < -0.3 is 5.73 Å². The number of halogens is 3. The zero-order chi connectivity index (χ0) is 12.0. The number of unbranched alkanes of at least 4 members (excludes halogenated alkanes) is 2. The number of hydrogen-bond acceptors (Lipinski definition) is 1. The van der Waals surface area contributed by atoms with Gasteiger partial charge in [0.05, 0.1) is 10.0 Å². The van der Waals surface area contributed by atoms with Crippen LogP contribution in [0, 0.1) is 23.5 Å². The average molecular weight is 288 g/mol. The first-order chi connectivity index (χ1) is 7.66. The van der Waals surface area contributed by atoms with Crippen LogP contribution < -0.4 is 5.73 Å². The molecule has 0 atom stereocenters. The number of hydrogen-bond donors (Lipinski definition) is 1. The molecular formula is C12H12BrF2N. The van der Waals surface area contributed by atoms with Crippen molar-refractivity contribution < 1.29 is 8.78 Å². The maximum atomic E-state index is 13.4. The summed E-state index contributed by atoms with van der Waals surface area (Å²) in [5.41, 5.74) is 5.14. The molecule has 1 aromatic carbocycles. The third-order valence-electron chi connectivity index (χ3n) is 2.01. The maximum absolute atomic E-state index is 13.4. The lowest BCUT2D eigenvalue weighted by molar-refractivity contribution is 0.573. The van der Waals surface area contributed by atoms with Crippen molar-refractivity contribution in [3.63, 3.8) is 0 Å². The molecule has 1 nitrogen and oxygen atoms in total. The zero-order valence-corrected chi connectivity index (χ0v) is 10.3. The molecule has 2 N–H and O–H groups in total. The fourth-order valence-electron chi connectivity index (χ4n) is 1.15. The van der Waals surface area contributed by atoms with Gasteiger partial charge in [-0.3, -0.25) is 0 Å². The van der Waals surface area contributed by atoms with E-state index in [1.165, 1.54) is 12.1 Å². The molecular weight excluding hydrogens is 276 g/mol. The van der Waals surface area contributed by atoms with E-state index in [0.717, 1.165) is 12.8 Å². The van der Waals surface area contributed by atoms with Crippen LogP contribution in [0.4, 0.5) is 8.78 Å². The molecule has 0 bridgehead atoms. The largest absolute Gasteiger partial charge is 0.330 e. The van der Waals surface area contributed by atoms with Gasteiger partial charge in [0.1, 0.15) is 5.82 Å². The minimum absolute atomic E-state index is 0.179. The Morgan fingerprint density at radius 2 is 2.00 bits per heavy atom. The van der Waals surface area contributed by atoms with E-state index in [2.05, 4.69) is 27.8 Å². The standard InChI is InChI=1S/C12H12BrF2N/c13-10-6-7-11(14)9(12(10)15)5-3-1-2-4-8-16/h6-7H,1-2,4,8,16H2. The van der Waals surface area contributed by atoms with Crippen molar-refractivity contribution in [3.8, 4) is 11.8 Å². The van der Waals surface area contributed by atoms with Gasteiger partial charge in [-0.1, -0.05) is 11.8 Å². The normalized spacial score (nSPS) is 9.75. The topological polar surface area (TPSA) is 26.0 Å². The molecule has 4 heteroatoms. The van der Waals surface area contributed by atoms with Crippen molar-refractivity contribution >= 4 is 15.9 Å². The molecule has 0 saturated heterocycles. The predicted octanol–water partition coefficient (Wildman–Crippen LogP) is 3.21. The van der Waals surface area contributed by atoms with Crippen molar-refractivity contribution in [1.82, 2.24) is 0 Å². The molecule has 0 radical (unpaired) electrons. The number of rotatable bonds is 3. The molecule has 1 rings (SSSR count). The fourth-order valence-corrected chi connectivity index (χ4v) is 1.48. The van der Waals surface area contributed by atoms with Crippen LogP contribution in [-0.4, -0.2) is 6.54 Å². The third-order valence-corrected chi connectivity index (χ3v) is 2.63. The molecule has 0 aliphatic rings. The second-order valence-electron chi connectivity index (χ2n) is 3.27. The van der Waals surface area contributed by atoms with Gasteiger partial charge in [-0.05, 0) is 47.4 Å². The van der Waals surface area contributed by atoms with Gasteiger partial charge in [0, 0.05) is 6.42 Å². The van der Waals surface area contributed by atoms with Gasteiger partial charge >= 0.3 is 0 Å². The Morgan fingerprint density at radius 3 is 2.69 bits per heavy atom. The van der Waals surface area contributed by atoms with E-state index in [1.807, 2.05) is 0 Å². The summed E-state index contributed by atoms with van der Waals surface area (Å²) in [6.07, 6.45) is 2.32. The van der Waals surface area contributed by atoms with Crippen LogP contribution in [-0.2, 0) is 0 Å². The SMILES string of the molecule is NCCCCC#Cc1c(F)ccc(Br)c1F. The zero-order valence-electron chi connectivity index (χ0n) is 8.69. The molecule has 1 aromatic rings. The Hall–Kier alpha value is -0.920. The Kier molecular flexibility index (Phi) is 5.44. The van der Waals surface area contributed by atoms with Crippen LogP contribution >= 0.6 is 15.9 Å². The first-order valence-corrected chi connectivity index (χ1v) is 5.78. The summed E-state index contributed by atoms with van der Waals surface area (Å²) in [4.78, 5) is 0. The van der Waals surface area contributed by atoms with E-state index < -0.39 is 11.6 Å². The highest BCUT2D eigenvalue weighted by molar-refractivity contribution is 9.10. The second kappa shape index (κ2) is 6.62. The molecule has 0 heterocycles. The van der Waals surface area contributed by atoms with Crippen molar-refractivity contribution in [2.45, 2.75) is 19.3 Å². The molecule has 0 amide bonds. The lowest BCUT2D eigenvalue weighted by Gasteiger charge is -1.98. The Morgan fingerprint density at radius 1 is 1.25 bits per heavy atom. The molecule has 86 valence electrons. The first-order valence-electron chi connectivity index (χ1n) is 4.99. The molecule has 0 unspecified atom stereocenters. The van der Waals surface area contributed by atoms with Gasteiger partial charge in [-0.25, -0.2) is 8.78 Å². The van der Waals surface area contributed by atoms with E-state index in [0.29, 0.717) is 13.0 Å². The first kappa shape index (κ1) is 13.1. The maximum Gasteiger partial charge on any atom is 0.155 e. The van der Waals surface area contributed by atoms with Crippen molar-refractivity contribution in [1.29, 1.82) is 0 Å². The summed E-state index contributed by atoms with van der Waals surface area (Å²) in [7, 11) is 0. The van der Waals surface area contributed by atoms with Crippen LogP contribution in [0.3, 0.4) is 0 Å². The van der Waals surface area contributed by atoms with Crippen LogP contribution in [0.1, 0.15) is 24.8 Å². The van der Waals surface area contributed by atoms with Crippen LogP contribution in [0.15, 0.2) is 16.6 Å². The van der Waals surface area contributed by atoms with Crippen molar-refractivity contribution in [3.05, 3.63) is 33.8 Å². The molecule has 0 fully saturated rings. The predicted molar refractivity (Wildman–Crippen MR) is 63.8 cm³/mol. The quantitative estimate of drug-likeness (QED) is 0.516. The van der Waals surface area contributed by atoms with Gasteiger partial charge in [0.2, 0.25) is 0 Å². The Balaban J connectivity index is 2.76. The molecule has 0 saturated carbocycles. The van der Waals surface area contributed by atoms with Crippen molar-refractivity contribution in [2.75, 3.05) is 6.54 Å². The Labute approximate surface area is 102 Å². The van der Waals surface area contributed by atoms with E-state index in [1.54, 1.807) is 0 Å². The van der Waals surface area contributed by atoms with Crippen LogP contribution in [0.25, 0.3) is 0 Å².